The van der Waals surface area contributed by atoms with Crippen LogP contribution in [-0.2, 0) is 11.2 Å². The lowest BCUT2D eigenvalue weighted by Crippen LogP contribution is -2.11. The highest BCUT2D eigenvalue weighted by Crippen LogP contribution is 2.13. The number of nitrogens with one attached hydrogen (secondary N) is 1. The molecule has 0 heterocycles. The second-order valence-corrected chi connectivity index (χ2v) is 5.59. The summed E-state index contributed by atoms with van der Waals surface area (Å²) in [5.74, 6) is 0.102. The zero-order chi connectivity index (χ0) is 15.3. The summed E-state index contributed by atoms with van der Waals surface area (Å²) in [6.45, 7) is 2.41. The second kappa shape index (κ2) is 11.3. The minimum absolute atomic E-state index is 0.102. The van der Waals surface area contributed by atoms with Gasteiger partial charge in [0.15, 0.2) is 0 Å². The van der Waals surface area contributed by atoms with E-state index >= 15 is 0 Å². The van der Waals surface area contributed by atoms with E-state index in [-0.39, 0.29) is 12.5 Å². The van der Waals surface area contributed by atoms with Crippen LogP contribution in [0.5, 0.6) is 0 Å². The van der Waals surface area contributed by atoms with Gasteiger partial charge in [0.05, 0.1) is 0 Å². The summed E-state index contributed by atoms with van der Waals surface area (Å²) in [5, 5.41) is 11.8. The number of benzene rings is 1. The molecule has 1 amide bonds. The van der Waals surface area contributed by atoms with E-state index in [9.17, 15) is 4.79 Å². The van der Waals surface area contributed by atoms with E-state index < -0.39 is 0 Å². The van der Waals surface area contributed by atoms with Gasteiger partial charge in [-0.15, -0.1) is 0 Å². The molecule has 3 nitrogen and oxygen atoms in total. The normalized spacial score (nSPS) is 10.6. The van der Waals surface area contributed by atoms with Gasteiger partial charge in [0, 0.05) is 18.7 Å². The van der Waals surface area contributed by atoms with E-state index in [0.717, 1.165) is 36.9 Å². The molecular formula is C18H29NO2. The van der Waals surface area contributed by atoms with Crippen molar-refractivity contribution in [2.24, 2.45) is 0 Å². The summed E-state index contributed by atoms with van der Waals surface area (Å²) in [7, 11) is 0. The number of anilines is 1. The lowest BCUT2D eigenvalue weighted by molar-refractivity contribution is -0.116. The van der Waals surface area contributed by atoms with E-state index in [0.29, 0.717) is 6.42 Å². The Morgan fingerprint density at radius 3 is 2.62 bits per heavy atom. The lowest BCUT2D eigenvalue weighted by Gasteiger charge is -2.07. The molecule has 1 aromatic rings. The third-order valence-electron chi connectivity index (χ3n) is 3.59. The standard InChI is InChI=1S/C18H29NO2/c1-2-3-4-5-6-7-13-18(21)19-17-12-8-10-16(15-17)11-9-14-20/h8,10,12,15,20H,2-7,9,11,13-14H2,1H3,(H,19,21). The molecule has 0 spiro atoms. The Bertz CT molecular complexity index is 404. The van der Waals surface area contributed by atoms with Gasteiger partial charge in [0.2, 0.25) is 5.91 Å². The number of hydrogen-bond acceptors (Lipinski definition) is 2. The maximum atomic E-state index is 11.9. The third-order valence-corrected chi connectivity index (χ3v) is 3.59. The summed E-state index contributed by atoms with van der Waals surface area (Å²) in [5.41, 5.74) is 2.02. The average molecular weight is 291 g/mol. The fourth-order valence-electron chi connectivity index (χ4n) is 2.38. The molecule has 118 valence electrons. The van der Waals surface area contributed by atoms with Crippen LogP contribution in [0.2, 0.25) is 0 Å². The maximum absolute atomic E-state index is 11.9. The lowest BCUT2D eigenvalue weighted by atomic mass is 10.1. The molecule has 0 radical (unpaired) electrons. The number of aliphatic hydroxyl groups excluding tert-OH is 1. The molecule has 1 rings (SSSR count). The van der Waals surface area contributed by atoms with Crippen LogP contribution < -0.4 is 5.32 Å². The first-order chi connectivity index (χ1) is 10.3. The van der Waals surface area contributed by atoms with Crippen LogP contribution in [0.15, 0.2) is 24.3 Å². The largest absolute Gasteiger partial charge is 0.396 e. The zero-order valence-electron chi connectivity index (χ0n) is 13.2. The quantitative estimate of drug-likeness (QED) is 0.597. The van der Waals surface area contributed by atoms with Crippen molar-refractivity contribution in [2.45, 2.75) is 64.7 Å². The van der Waals surface area contributed by atoms with Gasteiger partial charge >= 0.3 is 0 Å². The Hall–Kier alpha value is -1.35. The summed E-state index contributed by atoms with van der Waals surface area (Å²) < 4.78 is 0. The molecule has 0 aliphatic rings. The minimum atomic E-state index is 0.102. The Morgan fingerprint density at radius 2 is 1.86 bits per heavy atom. The number of hydrogen-bond donors (Lipinski definition) is 2. The number of amides is 1. The van der Waals surface area contributed by atoms with Gasteiger partial charge in [0.1, 0.15) is 0 Å². The van der Waals surface area contributed by atoms with Crippen LogP contribution in [0.25, 0.3) is 0 Å². The SMILES string of the molecule is CCCCCCCCC(=O)Nc1cccc(CCCO)c1. The topological polar surface area (TPSA) is 49.3 Å². The molecule has 2 N–H and O–H groups in total. The van der Waals surface area contributed by atoms with Crippen LogP contribution in [0.1, 0.15) is 63.9 Å². The fourth-order valence-corrected chi connectivity index (χ4v) is 2.38. The first-order valence-electron chi connectivity index (χ1n) is 8.26. The molecule has 1 aromatic carbocycles. The van der Waals surface area contributed by atoms with Crippen molar-refractivity contribution in [1.29, 1.82) is 0 Å². The van der Waals surface area contributed by atoms with Crippen LogP contribution in [0, 0.1) is 0 Å². The molecule has 0 aliphatic carbocycles. The predicted octanol–water partition coefficient (Wildman–Crippen LogP) is 4.30. The monoisotopic (exact) mass is 291 g/mol. The molecule has 21 heavy (non-hydrogen) atoms. The number of rotatable bonds is 11. The molecule has 0 aromatic heterocycles. The Morgan fingerprint density at radius 1 is 1.10 bits per heavy atom. The highest BCUT2D eigenvalue weighted by Gasteiger charge is 2.03. The smallest absolute Gasteiger partial charge is 0.224 e. The van der Waals surface area contributed by atoms with E-state index in [2.05, 4.69) is 12.2 Å². The van der Waals surface area contributed by atoms with E-state index in [1.165, 1.54) is 25.7 Å². The predicted molar refractivity (Wildman–Crippen MR) is 88.5 cm³/mol. The van der Waals surface area contributed by atoms with Crippen LogP contribution in [0.4, 0.5) is 5.69 Å². The molecule has 0 fully saturated rings. The Kier molecular flexibility index (Phi) is 9.55. The van der Waals surface area contributed by atoms with Crippen molar-refractivity contribution in [3.63, 3.8) is 0 Å². The minimum Gasteiger partial charge on any atom is -0.396 e. The highest BCUT2D eigenvalue weighted by atomic mass is 16.2. The average Bonchev–Trinajstić information content (AvgIpc) is 2.49. The summed E-state index contributed by atoms with van der Waals surface area (Å²) in [4.78, 5) is 11.9. The second-order valence-electron chi connectivity index (χ2n) is 5.59. The summed E-state index contributed by atoms with van der Waals surface area (Å²) in [6.07, 6.45) is 9.40. The van der Waals surface area contributed by atoms with Gasteiger partial charge in [-0.1, -0.05) is 51.2 Å². The molecule has 0 atom stereocenters. The molecule has 3 heteroatoms. The Labute approximate surface area is 128 Å². The number of aryl methyl sites for hydroxylation is 1. The van der Waals surface area contributed by atoms with Gasteiger partial charge in [-0.2, -0.15) is 0 Å². The van der Waals surface area contributed by atoms with Crippen LogP contribution >= 0.6 is 0 Å². The van der Waals surface area contributed by atoms with E-state index in [1.807, 2.05) is 24.3 Å². The van der Waals surface area contributed by atoms with E-state index in [4.69, 9.17) is 5.11 Å². The fraction of sp³-hybridized carbons (Fsp3) is 0.611. The van der Waals surface area contributed by atoms with Gasteiger partial charge in [-0.05, 0) is 37.0 Å². The first-order valence-corrected chi connectivity index (χ1v) is 8.26. The highest BCUT2D eigenvalue weighted by molar-refractivity contribution is 5.90. The van der Waals surface area contributed by atoms with Gasteiger partial charge in [-0.25, -0.2) is 0 Å². The van der Waals surface area contributed by atoms with Gasteiger partial charge < -0.3 is 10.4 Å². The Balaban J connectivity index is 2.24. The molecule has 0 unspecified atom stereocenters. The zero-order valence-corrected chi connectivity index (χ0v) is 13.2. The van der Waals surface area contributed by atoms with Gasteiger partial charge in [0.25, 0.3) is 0 Å². The van der Waals surface area contributed by atoms with Crippen LogP contribution in [0.3, 0.4) is 0 Å². The molecule has 0 bridgehead atoms. The maximum Gasteiger partial charge on any atom is 0.224 e. The van der Waals surface area contributed by atoms with Crippen molar-refractivity contribution in [3.05, 3.63) is 29.8 Å². The summed E-state index contributed by atoms with van der Waals surface area (Å²) in [6, 6.07) is 7.89. The summed E-state index contributed by atoms with van der Waals surface area (Å²) >= 11 is 0. The molecule has 0 saturated carbocycles. The van der Waals surface area contributed by atoms with Crippen LogP contribution in [-0.4, -0.2) is 17.6 Å². The molecule has 0 aliphatic heterocycles. The van der Waals surface area contributed by atoms with Crippen molar-refractivity contribution >= 4 is 11.6 Å². The molecule has 0 saturated heterocycles. The number of carbonyl (C=O) groups is 1. The van der Waals surface area contributed by atoms with Crippen molar-refractivity contribution < 1.29 is 9.90 Å². The van der Waals surface area contributed by atoms with Crippen molar-refractivity contribution in [3.8, 4) is 0 Å². The van der Waals surface area contributed by atoms with E-state index in [1.54, 1.807) is 0 Å². The number of aliphatic hydroxyl groups is 1. The number of carbonyl (C=O) groups excluding carboxylic acids is 1. The van der Waals surface area contributed by atoms with Gasteiger partial charge in [-0.3, -0.25) is 4.79 Å². The number of unbranched alkanes of at least 4 members (excludes halogenated alkanes) is 5. The first kappa shape index (κ1) is 17.7. The third kappa shape index (κ3) is 8.51. The van der Waals surface area contributed by atoms with Crippen molar-refractivity contribution in [1.82, 2.24) is 0 Å². The van der Waals surface area contributed by atoms with Crippen molar-refractivity contribution in [2.75, 3.05) is 11.9 Å². The molecular weight excluding hydrogens is 262 g/mol.